The van der Waals surface area contributed by atoms with Crippen LogP contribution in [-0.2, 0) is 14.4 Å². The van der Waals surface area contributed by atoms with Gasteiger partial charge < -0.3 is 14.9 Å². The molecule has 0 spiro atoms. The topological polar surface area (TPSA) is 77.9 Å². The molecular formula is C18H28N2O4. The lowest BCUT2D eigenvalue weighted by molar-refractivity contribution is -0.143. The summed E-state index contributed by atoms with van der Waals surface area (Å²) in [5, 5.41) is 9.45. The highest BCUT2D eigenvalue weighted by atomic mass is 16.4. The zero-order chi connectivity index (χ0) is 17.3. The number of likely N-dealkylation sites (tertiary alicyclic amines) is 2. The molecule has 2 heterocycles. The van der Waals surface area contributed by atoms with Gasteiger partial charge in [-0.15, -0.1) is 0 Å². The Hall–Kier alpha value is -1.59. The highest BCUT2D eigenvalue weighted by Crippen LogP contribution is 2.44. The first-order valence-electron chi connectivity index (χ1n) is 9.30. The first-order chi connectivity index (χ1) is 11.5. The molecule has 2 amide bonds. The standard InChI is InChI=1S/C18H28N2O4/c1-2-4-16(21)19-8-3-5-13(9-19)17(22)20-10-14(12-6-7-12)15(11-20)18(23)24/h12-15H,2-11H2,1H3,(H,23,24)/t13?,14-,15+/m1/s1. The van der Waals surface area contributed by atoms with Crippen molar-refractivity contribution in [3.05, 3.63) is 0 Å². The molecule has 3 fully saturated rings. The minimum atomic E-state index is -0.773. The molecule has 1 unspecified atom stereocenters. The lowest BCUT2D eigenvalue weighted by Crippen LogP contribution is -2.46. The number of carbonyl (C=O) groups excluding carboxylic acids is 2. The molecular weight excluding hydrogens is 308 g/mol. The molecule has 1 N–H and O–H groups in total. The summed E-state index contributed by atoms with van der Waals surface area (Å²) in [5.41, 5.74) is 0. The fourth-order valence-corrected chi connectivity index (χ4v) is 4.31. The number of nitrogens with zero attached hydrogens (tertiary/aromatic N) is 2. The maximum absolute atomic E-state index is 12.9. The Balaban J connectivity index is 1.61. The van der Waals surface area contributed by atoms with Gasteiger partial charge in [0, 0.05) is 32.6 Å². The van der Waals surface area contributed by atoms with E-state index >= 15 is 0 Å². The summed E-state index contributed by atoms with van der Waals surface area (Å²) >= 11 is 0. The second kappa shape index (κ2) is 7.11. The molecule has 2 aliphatic heterocycles. The predicted octanol–water partition coefficient (Wildman–Crippen LogP) is 1.59. The number of carboxylic acids is 1. The molecule has 24 heavy (non-hydrogen) atoms. The smallest absolute Gasteiger partial charge is 0.308 e. The molecule has 6 heteroatoms. The largest absolute Gasteiger partial charge is 0.481 e. The van der Waals surface area contributed by atoms with Crippen LogP contribution in [0.5, 0.6) is 0 Å². The molecule has 134 valence electrons. The van der Waals surface area contributed by atoms with Crippen LogP contribution in [0.15, 0.2) is 0 Å². The van der Waals surface area contributed by atoms with Crippen molar-refractivity contribution in [2.24, 2.45) is 23.7 Å². The van der Waals surface area contributed by atoms with Crippen molar-refractivity contribution in [3.8, 4) is 0 Å². The van der Waals surface area contributed by atoms with Crippen molar-refractivity contribution in [1.82, 2.24) is 9.80 Å². The van der Waals surface area contributed by atoms with Gasteiger partial charge in [0.15, 0.2) is 0 Å². The van der Waals surface area contributed by atoms with E-state index in [1.165, 1.54) is 0 Å². The average Bonchev–Trinajstić information content (AvgIpc) is 3.32. The van der Waals surface area contributed by atoms with E-state index in [-0.39, 0.29) is 23.7 Å². The summed E-state index contributed by atoms with van der Waals surface area (Å²) in [4.78, 5) is 40.1. The third-order valence-corrected chi connectivity index (χ3v) is 5.81. The maximum atomic E-state index is 12.9. The first-order valence-corrected chi connectivity index (χ1v) is 9.30. The van der Waals surface area contributed by atoms with Crippen molar-refractivity contribution in [1.29, 1.82) is 0 Å². The van der Waals surface area contributed by atoms with Crippen LogP contribution in [-0.4, -0.2) is 58.9 Å². The summed E-state index contributed by atoms with van der Waals surface area (Å²) in [7, 11) is 0. The van der Waals surface area contributed by atoms with E-state index in [2.05, 4.69) is 0 Å². The lowest BCUT2D eigenvalue weighted by Gasteiger charge is -2.34. The Kier molecular flexibility index (Phi) is 5.11. The van der Waals surface area contributed by atoms with Crippen LogP contribution in [0.4, 0.5) is 0 Å². The number of piperidine rings is 1. The van der Waals surface area contributed by atoms with Crippen LogP contribution in [0.3, 0.4) is 0 Å². The summed E-state index contributed by atoms with van der Waals surface area (Å²) in [6.45, 7) is 4.15. The number of rotatable bonds is 5. The Labute approximate surface area is 143 Å². The molecule has 3 aliphatic rings. The molecule has 3 atom stereocenters. The number of amides is 2. The Morgan fingerprint density at radius 1 is 1.04 bits per heavy atom. The van der Waals surface area contributed by atoms with Crippen LogP contribution in [0.25, 0.3) is 0 Å². The van der Waals surface area contributed by atoms with Crippen LogP contribution < -0.4 is 0 Å². The van der Waals surface area contributed by atoms with Crippen LogP contribution in [0.2, 0.25) is 0 Å². The van der Waals surface area contributed by atoms with Crippen molar-refractivity contribution in [2.45, 2.75) is 45.4 Å². The van der Waals surface area contributed by atoms with E-state index < -0.39 is 11.9 Å². The Morgan fingerprint density at radius 3 is 2.42 bits per heavy atom. The zero-order valence-corrected chi connectivity index (χ0v) is 14.4. The van der Waals surface area contributed by atoms with Crippen LogP contribution in [0, 0.1) is 23.7 Å². The molecule has 0 bridgehead atoms. The second-order valence-electron chi connectivity index (χ2n) is 7.62. The highest BCUT2D eigenvalue weighted by molar-refractivity contribution is 5.83. The predicted molar refractivity (Wildman–Crippen MR) is 88.1 cm³/mol. The lowest BCUT2D eigenvalue weighted by atomic mass is 9.92. The molecule has 0 aromatic carbocycles. The van der Waals surface area contributed by atoms with Gasteiger partial charge in [-0.3, -0.25) is 14.4 Å². The van der Waals surface area contributed by atoms with Gasteiger partial charge in [0.05, 0.1) is 11.8 Å². The van der Waals surface area contributed by atoms with Crippen molar-refractivity contribution in [2.75, 3.05) is 26.2 Å². The Morgan fingerprint density at radius 2 is 1.79 bits per heavy atom. The van der Waals surface area contributed by atoms with Gasteiger partial charge in [-0.2, -0.15) is 0 Å². The molecule has 6 nitrogen and oxygen atoms in total. The van der Waals surface area contributed by atoms with E-state index in [1.807, 2.05) is 11.8 Å². The van der Waals surface area contributed by atoms with Gasteiger partial charge >= 0.3 is 5.97 Å². The molecule has 0 aromatic heterocycles. The van der Waals surface area contributed by atoms with E-state index in [4.69, 9.17) is 0 Å². The normalized spacial score (nSPS) is 30.5. The van der Waals surface area contributed by atoms with Gasteiger partial charge in [-0.1, -0.05) is 6.92 Å². The first kappa shape index (κ1) is 17.2. The number of carboxylic acid groups (broad SMARTS) is 1. The SMILES string of the molecule is CCCC(=O)N1CCCC(C(=O)N2C[C@H](C(=O)O)[C@@H](C3CC3)C2)C1. The summed E-state index contributed by atoms with van der Waals surface area (Å²) in [6, 6.07) is 0. The fraction of sp³-hybridized carbons (Fsp3) is 0.833. The van der Waals surface area contributed by atoms with E-state index in [0.717, 1.165) is 38.6 Å². The quantitative estimate of drug-likeness (QED) is 0.827. The third kappa shape index (κ3) is 3.57. The monoisotopic (exact) mass is 336 g/mol. The van der Waals surface area contributed by atoms with Gasteiger partial charge in [0.25, 0.3) is 0 Å². The van der Waals surface area contributed by atoms with Gasteiger partial charge in [0.2, 0.25) is 11.8 Å². The van der Waals surface area contributed by atoms with Gasteiger partial charge in [-0.25, -0.2) is 0 Å². The van der Waals surface area contributed by atoms with Crippen molar-refractivity contribution < 1.29 is 19.5 Å². The molecule has 1 aliphatic carbocycles. The minimum Gasteiger partial charge on any atom is -0.481 e. The van der Waals surface area contributed by atoms with Crippen LogP contribution in [0.1, 0.15) is 45.4 Å². The van der Waals surface area contributed by atoms with E-state index in [9.17, 15) is 19.5 Å². The zero-order valence-electron chi connectivity index (χ0n) is 14.4. The molecule has 0 aromatic rings. The van der Waals surface area contributed by atoms with Crippen LogP contribution >= 0.6 is 0 Å². The molecule has 2 saturated heterocycles. The maximum Gasteiger partial charge on any atom is 0.308 e. The summed E-state index contributed by atoms with van der Waals surface area (Å²) in [6.07, 6.45) is 5.21. The van der Waals surface area contributed by atoms with E-state index in [1.54, 1.807) is 4.90 Å². The van der Waals surface area contributed by atoms with Gasteiger partial charge in [-0.05, 0) is 43.9 Å². The number of aliphatic carboxylic acids is 1. The number of hydrogen-bond donors (Lipinski definition) is 1. The minimum absolute atomic E-state index is 0.0541. The molecule has 1 saturated carbocycles. The van der Waals surface area contributed by atoms with Crippen molar-refractivity contribution in [3.63, 3.8) is 0 Å². The van der Waals surface area contributed by atoms with Gasteiger partial charge in [0.1, 0.15) is 0 Å². The average molecular weight is 336 g/mol. The summed E-state index contributed by atoms with van der Waals surface area (Å²) in [5.74, 6) is -0.555. The second-order valence-corrected chi connectivity index (χ2v) is 7.62. The number of hydrogen-bond acceptors (Lipinski definition) is 3. The summed E-state index contributed by atoms with van der Waals surface area (Å²) < 4.78 is 0. The fourth-order valence-electron chi connectivity index (χ4n) is 4.31. The molecule has 0 radical (unpaired) electrons. The number of carbonyl (C=O) groups is 3. The third-order valence-electron chi connectivity index (χ3n) is 5.81. The molecule has 3 rings (SSSR count). The van der Waals surface area contributed by atoms with E-state index in [0.29, 0.717) is 32.0 Å². The highest BCUT2D eigenvalue weighted by Gasteiger charge is 2.47. The van der Waals surface area contributed by atoms with Crippen molar-refractivity contribution >= 4 is 17.8 Å². The Bertz CT molecular complexity index is 517.